The summed E-state index contributed by atoms with van der Waals surface area (Å²) in [5, 5.41) is 2.90. The molecule has 3 aromatic carbocycles. The second-order valence-corrected chi connectivity index (χ2v) is 6.85. The van der Waals surface area contributed by atoms with Crippen LogP contribution in [0.2, 0.25) is 0 Å². The van der Waals surface area contributed by atoms with Crippen LogP contribution in [0, 0.1) is 0 Å². The van der Waals surface area contributed by atoms with Crippen molar-refractivity contribution in [2.75, 3.05) is 11.9 Å². The second kappa shape index (κ2) is 7.63. The van der Waals surface area contributed by atoms with Crippen molar-refractivity contribution in [2.24, 2.45) is 0 Å². The Labute approximate surface area is 164 Å². The van der Waals surface area contributed by atoms with Crippen molar-refractivity contribution in [3.63, 3.8) is 0 Å². The molecule has 0 bridgehead atoms. The number of fused-ring (bicyclic) bond motifs is 1. The van der Waals surface area contributed by atoms with E-state index in [1.54, 1.807) is 12.1 Å². The third-order valence-corrected chi connectivity index (χ3v) is 4.56. The van der Waals surface area contributed by atoms with E-state index in [9.17, 15) is 4.79 Å². The molecule has 0 aliphatic heterocycles. The Morgan fingerprint density at radius 1 is 1.00 bits per heavy atom. The minimum atomic E-state index is -0.235. The summed E-state index contributed by atoms with van der Waals surface area (Å²) in [5.41, 5.74) is 3.34. The van der Waals surface area contributed by atoms with Gasteiger partial charge in [0.15, 0.2) is 6.61 Å². The molecule has 0 saturated heterocycles. The summed E-state index contributed by atoms with van der Waals surface area (Å²) in [6.45, 7) is -0.0733. The Morgan fingerprint density at radius 3 is 2.56 bits per heavy atom. The van der Waals surface area contributed by atoms with Crippen molar-refractivity contribution < 1.29 is 9.53 Å². The molecular formula is C21H16BrN3O2. The average Bonchev–Trinajstić information content (AvgIpc) is 3.12. The van der Waals surface area contributed by atoms with Crippen molar-refractivity contribution in [1.29, 1.82) is 0 Å². The van der Waals surface area contributed by atoms with Gasteiger partial charge in [0.2, 0.25) is 0 Å². The molecule has 1 heterocycles. The SMILES string of the molecule is O=C(COc1ccc(Br)cc1)Nc1ccccc1-c1nc2ccccc2[nH]1. The highest BCUT2D eigenvalue weighted by atomic mass is 79.9. The summed E-state index contributed by atoms with van der Waals surface area (Å²) < 4.78 is 6.49. The Morgan fingerprint density at radius 2 is 1.74 bits per heavy atom. The van der Waals surface area contributed by atoms with Crippen LogP contribution in [0.1, 0.15) is 0 Å². The number of amides is 1. The summed E-state index contributed by atoms with van der Waals surface area (Å²) in [6.07, 6.45) is 0. The fourth-order valence-corrected chi connectivity index (χ4v) is 3.01. The predicted molar refractivity (Wildman–Crippen MR) is 110 cm³/mol. The number of aromatic nitrogens is 2. The molecule has 0 aliphatic carbocycles. The largest absolute Gasteiger partial charge is 0.484 e. The molecule has 0 fully saturated rings. The highest BCUT2D eigenvalue weighted by Crippen LogP contribution is 2.27. The summed E-state index contributed by atoms with van der Waals surface area (Å²) in [4.78, 5) is 20.2. The number of H-pyrrole nitrogens is 1. The van der Waals surface area contributed by atoms with Crippen molar-refractivity contribution in [1.82, 2.24) is 9.97 Å². The molecule has 4 rings (SSSR count). The minimum absolute atomic E-state index is 0.0733. The van der Waals surface area contributed by atoms with Gasteiger partial charge >= 0.3 is 0 Å². The lowest BCUT2D eigenvalue weighted by molar-refractivity contribution is -0.118. The molecule has 0 aliphatic rings. The Balaban J connectivity index is 1.50. The number of aromatic amines is 1. The number of carbonyl (C=O) groups excluding carboxylic acids is 1. The third-order valence-electron chi connectivity index (χ3n) is 4.03. The second-order valence-electron chi connectivity index (χ2n) is 5.94. The number of rotatable bonds is 5. The summed E-state index contributed by atoms with van der Waals surface area (Å²) in [5.74, 6) is 1.11. The average molecular weight is 422 g/mol. The van der Waals surface area contributed by atoms with Crippen LogP contribution in [0.3, 0.4) is 0 Å². The predicted octanol–water partition coefficient (Wildman–Crippen LogP) is 5.01. The third kappa shape index (κ3) is 4.01. The van der Waals surface area contributed by atoms with Crippen molar-refractivity contribution in [3.05, 3.63) is 77.3 Å². The lowest BCUT2D eigenvalue weighted by Crippen LogP contribution is -2.20. The van der Waals surface area contributed by atoms with E-state index in [2.05, 4.69) is 31.2 Å². The van der Waals surface area contributed by atoms with Crippen LogP contribution in [0.15, 0.2) is 77.3 Å². The van der Waals surface area contributed by atoms with Gasteiger partial charge in [-0.3, -0.25) is 4.79 Å². The monoisotopic (exact) mass is 421 g/mol. The Hall–Kier alpha value is -3.12. The quantitative estimate of drug-likeness (QED) is 0.475. The number of imidazole rings is 1. The molecule has 0 saturated carbocycles. The number of anilines is 1. The number of hydrogen-bond donors (Lipinski definition) is 2. The van der Waals surface area contributed by atoms with Gasteiger partial charge in [-0.2, -0.15) is 0 Å². The maximum absolute atomic E-state index is 12.3. The van der Waals surface area contributed by atoms with Gasteiger partial charge in [-0.05, 0) is 48.5 Å². The molecule has 4 aromatic rings. The van der Waals surface area contributed by atoms with Crippen LogP contribution in [-0.2, 0) is 4.79 Å². The van der Waals surface area contributed by atoms with Gasteiger partial charge in [0.05, 0.1) is 16.7 Å². The standard InChI is InChI=1S/C21H16BrN3O2/c22-14-9-11-15(12-10-14)27-13-20(26)23-17-6-2-1-5-16(17)21-24-18-7-3-4-8-19(18)25-21/h1-12H,13H2,(H,23,26)(H,24,25). The van der Waals surface area contributed by atoms with Crippen LogP contribution in [-0.4, -0.2) is 22.5 Å². The minimum Gasteiger partial charge on any atom is -0.484 e. The lowest BCUT2D eigenvalue weighted by Gasteiger charge is -2.10. The maximum Gasteiger partial charge on any atom is 0.262 e. The maximum atomic E-state index is 12.3. The van der Waals surface area contributed by atoms with E-state index in [0.717, 1.165) is 21.1 Å². The first-order chi connectivity index (χ1) is 13.2. The van der Waals surface area contributed by atoms with E-state index in [1.807, 2.05) is 60.7 Å². The number of hydrogen-bond acceptors (Lipinski definition) is 3. The molecule has 0 atom stereocenters. The number of nitrogens with one attached hydrogen (secondary N) is 2. The van der Waals surface area contributed by atoms with E-state index >= 15 is 0 Å². The molecule has 1 amide bonds. The fraction of sp³-hybridized carbons (Fsp3) is 0.0476. The smallest absolute Gasteiger partial charge is 0.262 e. The Bertz CT molecular complexity index is 1060. The van der Waals surface area contributed by atoms with E-state index in [0.29, 0.717) is 17.3 Å². The van der Waals surface area contributed by atoms with E-state index < -0.39 is 0 Å². The van der Waals surface area contributed by atoms with Crippen LogP contribution >= 0.6 is 15.9 Å². The van der Waals surface area contributed by atoms with Crippen molar-refractivity contribution in [3.8, 4) is 17.1 Å². The number of ether oxygens (including phenoxy) is 1. The molecule has 2 N–H and O–H groups in total. The van der Waals surface area contributed by atoms with Gasteiger partial charge in [-0.1, -0.05) is 40.2 Å². The van der Waals surface area contributed by atoms with Crippen molar-refractivity contribution in [2.45, 2.75) is 0 Å². The van der Waals surface area contributed by atoms with E-state index in [4.69, 9.17) is 4.74 Å². The van der Waals surface area contributed by atoms with Crippen LogP contribution in [0.4, 0.5) is 5.69 Å². The van der Waals surface area contributed by atoms with Gasteiger partial charge in [-0.25, -0.2) is 4.98 Å². The lowest BCUT2D eigenvalue weighted by atomic mass is 10.1. The number of benzene rings is 3. The van der Waals surface area contributed by atoms with Gasteiger partial charge in [0.1, 0.15) is 11.6 Å². The topological polar surface area (TPSA) is 67.0 Å². The fourth-order valence-electron chi connectivity index (χ4n) is 2.74. The van der Waals surface area contributed by atoms with Crippen LogP contribution in [0.5, 0.6) is 5.75 Å². The molecule has 134 valence electrons. The molecule has 27 heavy (non-hydrogen) atoms. The zero-order chi connectivity index (χ0) is 18.6. The first-order valence-corrected chi connectivity index (χ1v) is 9.21. The first-order valence-electron chi connectivity index (χ1n) is 8.41. The van der Waals surface area contributed by atoms with Gasteiger partial charge in [0.25, 0.3) is 5.91 Å². The molecule has 1 aromatic heterocycles. The molecule has 0 unspecified atom stereocenters. The zero-order valence-corrected chi connectivity index (χ0v) is 15.9. The normalized spacial score (nSPS) is 10.7. The molecule has 0 spiro atoms. The first kappa shape index (κ1) is 17.3. The van der Waals surface area contributed by atoms with E-state index in [-0.39, 0.29) is 12.5 Å². The highest BCUT2D eigenvalue weighted by Gasteiger charge is 2.12. The van der Waals surface area contributed by atoms with Gasteiger partial charge < -0.3 is 15.0 Å². The number of nitrogens with zero attached hydrogens (tertiary/aromatic N) is 1. The molecule has 6 heteroatoms. The summed E-state index contributed by atoms with van der Waals surface area (Å²) in [7, 11) is 0. The highest BCUT2D eigenvalue weighted by molar-refractivity contribution is 9.10. The zero-order valence-electron chi connectivity index (χ0n) is 14.3. The van der Waals surface area contributed by atoms with Gasteiger partial charge in [0, 0.05) is 10.0 Å². The number of halogens is 1. The van der Waals surface area contributed by atoms with Crippen LogP contribution < -0.4 is 10.1 Å². The van der Waals surface area contributed by atoms with Crippen LogP contribution in [0.25, 0.3) is 22.4 Å². The molecule has 0 radical (unpaired) electrons. The molecular weight excluding hydrogens is 406 g/mol. The van der Waals surface area contributed by atoms with Crippen molar-refractivity contribution >= 4 is 38.6 Å². The Kier molecular flexibility index (Phi) is 4.89. The summed E-state index contributed by atoms with van der Waals surface area (Å²) in [6, 6.07) is 22.7. The number of para-hydroxylation sites is 3. The number of carbonyl (C=O) groups is 1. The summed E-state index contributed by atoms with van der Waals surface area (Å²) >= 11 is 3.37. The van der Waals surface area contributed by atoms with E-state index in [1.165, 1.54) is 0 Å². The van der Waals surface area contributed by atoms with Gasteiger partial charge in [-0.15, -0.1) is 0 Å². The molecule has 5 nitrogen and oxygen atoms in total.